The maximum Gasteiger partial charge on any atom is 0.255 e. The molecule has 44 heavy (non-hydrogen) atoms. The van der Waals surface area contributed by atoms with Gasteiger partial charge in [-0.25, -0.2) is 0 Å². The zero-order valence-electron chi connectivity index (χ0n) is 25.7. The molecule has 3 aliphatic rings. The van der Waals surface area contributed by atoms with Crippen LogP contribution in [0.4, 0.5) is 0 Å². The molecule has 0 spiro atoms. The fourth-order valence-electron chi connectivity index (χ4n) is 6.81. The van der Waals surface area contributed by atoms with Gasteiger partial charge in [-0.1, -0.05) is 6.07 Å². The third-order valence-corrected chi connectivity index (χ3v) is 8.96. The molecule has 0 radical (unpaired) electrons. The van der Waals surface area contributed by atoms with Crippen LogP contribution in [0, 0.1) is 11.8 Å². The number of phenols is 1. The van der Waals surface area contributed by atoms with Crippen LogP contribution in [-0.4, -0.2) is 128 Å². The van der Waals surface area contributed by atoms with E-state index in [4.69, 9.17) is 24.7 Å². The predicted octanol–water partition coefficient (Wildman–Crippen LogP) is 0.00380. The van der Waals surface area contributed by atoms with Crippen molar-refractivity contribution in [2.24, 2.45) is 17.6 Å². The van der Waals surface area contributed by atoms with Gasteiger partial charge in [0.25, 0.3) is 5.91 Å². The summed E-state index contributed by atoms with van der Waals surface area (Å²) in [5, 5.41) is 45.2. The second kappa shape index (κ2) is 12.9. The number of carbonyl (C=O) groups excluding carboxylic acids is 3. The summed E-state index contributed by atoms with van der Waals surface area (Å²) in [4.78, 5) is 43.0. The molecular weight excluding hydrogens is 578 g/mol. The molecule has 14 nitrogen and oxygen atoms in total. The molecule has 0 aromatic heterocycles. The number of rotatable bonds is 12. The van der Waals surface area contributed by atoms with Crippen LogP contribution >= 0.6 is 0 Å². The summed E-state index contributed by atoms with van der Waals surface area (Å²) < 4.78 is 21.6. The number of aliphatic hydroxyl groups excluding tert-OH is 2. The number of fused-ring (bicyclic) bond motifs is 3. The van der Waals surface area contributed by atoms with Gasteiger partial charge in [0.1, 0.15) is 22.8 Å². The minimum absolute atomic E-state index is 0.00454. The lowest BCUT2D eigenvalue weighted by atomic mass is 9.57. The van der Waals surface area contributed by atoms with Crippen LogP contribution in [-0.2, 0) is 46.3 Å². The van der Waals surface area contributed by atoms with Crippen molar-refractivity contribution >= 4 is 23.2 Å². The molecule has 3 aliphatic carbocycles. The fourth-order valence-corrected chi connectivity index (χ4v) is 6.81. The van der Waals surface area contributed by atoms with Gasteiger partial charge in [0.2, 0.25) is 5.78 Å². The predicted molar refractivity (Wildman–Crippen MR) is 155 cm³/mol. The van der Waals surface area contributed by atoms with Gasteiger partial charge in [0.05, 0.1) is 24.7 Å². The topological polar surface area (TPSA) is 202 Å². The van der Waals surface area contributed by atoms with E-state index in [1.54, 1.807) is 20.2 Å². The SMILES string of the molecule is COC(CN(Cc1ccc(O)c2c1C[C@H]1C[C@H]3C(N(C)C)C(=O)C(C(N)=O)=C(O)[C@@]3(O)C(=O)C1=C2O)CC(OC)OC)OC. The third-order valence-electron chi connectivity index (χ3n) is 8.96. The summed E-state index contributed by atoms with van der Waals surface area (Å²) in [7, 11) is 9.17. The number of aliphatic hydroxyl groups is 3. The maximum atomic E-state index is 14.0. The molecule has 4 atom stereocenters. The van der Waals surface area contributed by atoms with Crippen molar-refractivity contribution in [1.82, 2.24) is 9.80 Å². The molecule has 0 bridgehead atoms. The van der Waals surface area contributed by atoms with E-state index in [1.807, 2.05) is 4.90 Å². The van der Waals surface area contributed by atoms with Crippen molar-refractivity contribution in [3.63, 3.8) is 0 Å². The van der Waals surface area contributed by atoms with Crippen molar-refractivity contribution in [2.75, 3.05) is 55.6 Å². The number of carbonyl (C=O) groups is 3. The van der Waals surface area contributed by atoms with Crippen LogP contribution < -0.4 is 5.73 Å². The van der Waals surface area contributed by atoms with E-state index in [0.717, 1.165) is 5.56 Å². The number of aromatic hydroxyl groups is 1. The summed E-state index contributed by atoms with van der Waals surface area (Å²) in [6.45, 7) is 0.919. The molecule has 4 rings (SSSR count). The van der Waals surface area contributed by atoms with Gasteiger partial charge in [-0.05, 0) is 50.0 Å². The molecule has 1 unspecified atom stereocenters. The lowest BCUT2D eigenvalue weighted by Gasteiger charge is -2.50. The van der Waals surface area contributed by atoms with Crippen LogP contribution in [0.15, 0.2) is 29.0 Å². The number of hydrogen-bond acceptors (Lipinski definition) is 13. The fraction of sp³-hybridized carbons (Fsp3) is 0.567. The first-order valence-corrected chi connectivity index (χ1v) is 14.1. The molecule has 14 heteroatoms. The Labute approximate surface area is 255 Å². The van der Waals surface area contributed by atoms with Gasteiger partial charge in [0, 0.05) is 46.5 Å². The Morgan fingerprint density at radius 1 is 1.02 bits per heavy atom. The average Bonchev–Trinajstić information content (AvgIpc) is 2.97. The summed E-state index contributed by atoms with van der Waals surface area (Å²) in [5.41, 5.74) is 2.93. The normalized spacial score (nSPS) is 25.3. The van der Waals surface area contributed by atoms with E-state index in [0.29, 0.717) is 18.7 Å². The van der Waals surface area contributed by atoms with Crippen molar-refractivity contribution in [2.45, 2.75) is 43.6 Å². The van der Waals surface area contributed by atoms with Crippen molar-refractivity contribution in [1.29, 1.82) is 0 Å². The Morgan fingerprint density at radius 2 is 1.59 bits per heavy atom. The highest BCUT2D eigenvalue weighted by Gasteiger charge is 2.64. The van der Waals surface area contributed by atoms with Gasteiger partial charge in [-0.3, -0.25) is 24.2 Å². The van der Waals surface area contributed by atoms with Gasteiger partial charge in [-0.15, -0.1) is 0 Å². The second-order valence-electron chi connectivity index (χ2n) is 11.6. The van der Waals surface area contributed by atoms with Crippen LogP contribution in [0.3, 0.4) is 0 Å². The first-order chi connectivity index (χ1) is 20.8. The maximum absolute atomic E-state index is 14.0. The van der Waals surface area contributed by atoms with Crippen molar-refractivity contribution in [3.8, 4) is 5.75 Å². The van der Waals surface area contributed by atoms with Gasteiger partial charge in [0.15, 0.2) is 24.0 Å². The summed E-state index contributed by atoms with van der Waals surface area (Å²) in [6.07, 6.45) is -0.996. The van der Waals surface area contributed by atoms with Crippen molar-refractivity contribution in [3.05, 3.63) is 45.7 Å². The number of amides is 1. The molecule has 1 aromatic carbocycles. The van der Waals surface area contributed by atoms with E-state index >= 15 is 0 Å². The van der Waals surface area contributed by atoms with E-state index in [2.05, 4.69) is 0 Å². The molecule has 242 valence electrons. The number of methoxy groups -OCH3 is 4. The standard InChI is InChI=1S/C30H41N3O11/c1-32(2)24-17-10-15-9-16-14(11-33(12-19(41-3)42-4)13-20(43-5)44-6)7-8-18(34)22(16)25(35)21(15)27(37)30(17,40)28(38)23(26(24)36)29(31)39/h7-8,15,17,19-20,24,34-35,38,40H,9-13H2,1-6H3,(H2,31,39)/t15-,17-,24?,30-/m0/s1. The van der Waals surface area contributed by atoms with Gasteiger partial charge >= 0.3 is 0 Å². The first kappa shape index (κ1) is 33.5. The highest BCUT2D eigenvalue weighted by molar-refractivity contribution is 6.24. The monoisotopic (exact) mass is 619 g/mol. The number of nitrogens with zero attached hydrogens (tertiary/aromatic N) is 2. The largest absolute Gasteiger partial charge is 0.508 e. The number of likely N-dealkylation sites (N-methyl/N-ethyl adjacent to an activating group) is 1. The number of hydrogen-bond donors (Lipinski definition) is 5. The minimum Gasteiger partial charge on any atom is -0.508 e. The van der Waals surface area contributed by atoms with Crippen LogP contribution in [0.1, 0.15) is 23.1 Å². The van der Waals surface area contributed by atoms with E-state index < -0.39 is 70.6 Å². The Bertz CT molecular complexity index is 1370. The van der Waals surface area contributed by atoms with E-state index in [-0.39, 0.29) is 36.3 Å². The highest BCUT2D eigenvalue weighted by atomic mass is 16.7. The van der Waals surface area contributed by atoms with Gasteiger partial charge < -0.3 is 45.1 Å². The smallest absolute Gasteiger partial charge is 0.255 e. The third kappa shape index (κ3) is 5.51. The molecule has 1 fully saturated rings. The molecular formula is C30H41N3O11. The summed E-state index contributed by atoms with van der Waals surface area (Å²) in [6, 6.07) is 1.95. The zero-order chi connectivity index (χ0) is 32.7. The van der Waals surface area contributed by atoms with E-state index in [1.165, 1.54) is 39.4 Å². The number of ketones is 2. The van der Waals surface area contributed by atoms with Crippen molar-refractivity contribution < 1.29 is 53.8 Å². The van der Waals surface area contributed by atoms with Crippen LogP contribution in [0.5, 0.6) is 5.75 Å². The Hall–Kier alpha value is -3.37. The second-order valence-corrected chi connectivity index (χ2v) is 11.6. The van der Waals surface area contributed by atoms with E-state index in [9.17, 15) is 34.8 Å². The molecule has 0 saturated heterocycles. The molecule has 0 aliphatic heterocycles. The number of ether oxygens (including phenoxy) is 4. The molecule has 1 aromatic rings. The lowest BCUT2D eigenvalue weighted by molar-refractivity contribution is -0.153. The quantitative estimate of drug-likeness (QED) is 0.155. The molecule has 1 saturated carbocycles. The Balaban J connectivity index is 1.83. The first-order valence-electron chi connectivity index (χ1n) is 14.1. The molecule has 0 heterocycles. The lowest BCUT2D eigenvalue weighted by Crippen LogP contribution is -2.65. The van der Waals surface area contributed by atoms with Crippen LogP contribution in [0.2, 0.25) is 0 Å². The minimum atomic E-state index is -2.70. The number of benzene rings is 1. The summed E-state index contributed by atoms with van der Waals surface area (Å²) >= 11 is 0. The van der Waals surface area contributed by atoms with Crippen LogP contribution in [0.25, 0.3) is 5.76 Å². The Kier molecular flexibility index (Phi) is 9.85. The number of phenolic OH excluding ortho intramolecular Hbond substituents is 1. The summed E-state index contributed by atoms with van der Waals surface area (Å²) in [5.74, 6) is -6.97. The number of Topliss-reactive ketones (excluding diaryl/α,β-unsaturated/α-hetero) is 2. The Morgan fingerprint density at radius 3 is 2.09 bits per heavy atom. The zero-order valence-corrected chi connectivity index (χ0v) is 25.7. The van der Waals surface area contributed by atoms with Gasteiger partial charge in [-0.2, -0.15) is 0 Å². The number of nitrogens with two attached hydrogens (primary N) is 1. The highest BCUT2D eigenvalue weighted by Crippen LogP contribution is 2.53. The molecule has 6 N–H and O–H groups in total. The molecule has 1 amide bonds. The number of primary amides is 1. The average molecular weight is 620 g/mol.